The SMILES string of the molecule is COc1ccc(CCNC(=O)C2(n3cccn3)CCNCC2)cc1F. The molecular weight excluding hydrogens is 323 g/mol. The molecular formula is C18H23FN4O2. The summed E-state index contributed by atoms with van der Waals surface area (Å²) in [5.41, 5.74) is 0.164. The van der Waals surface area contributed by atoms with Crippen LogP contribution in [-0.2, 0) is 16.8 Å². The van der Waals surface area contributed by atoms with Crippen molar-refractivity contribution in [2.45, 2.75) is 24.8 Å². The number of carbonyl (C=O) groups is 1. The molecule has 1 aliphatic heterocycles. The molecule has 2 aromatic rings. The molecule has 6 nitrogen and oxygen atoms in total. The molecule has 25 heavy (non-hydrogen) atoms. The molecule has 134 valence electrons. The molecule has 1 amide bonds. The first-order valence-corrected chi connectivity index (χ1v) is 8.47. The van der Waals surface area contributed by atoms with Crippen molar-refractivity contribution in [3.05, 3.63) is 48.0 Å². The smallest absolute Gasteiger partial charge is 0.248 e. The number of piperidine rings is 1. The Bertz CT molecular complexity index is 712. The lowest BCUT2D eigenvalue weighted by atomic mass is 9.87. The van der Waals surface area contributed by atoms with Crippen LogP contribution in [0.1, 0.15) is 18.4 Å². The number of nitrogens with zero attached hydrogens (tertiary/aromatic N) is 2. The Balaban J connectivity index is 1.63. The number of carbonyl (C=O) groups excluding carboxylic acids is 1. The highest BCUT2D eigenvalue weighted by atomic mass is 19.1. The molecule has 0 bridgehead atoms. The summed E-state index contributed by atoms with van der Waals surface area (Å²) in [6, 6.07) is 6.68. The number of methoxy groups -OCH3 is 1. The summed E-state index contributed by atoms with van der Waals surface area (Å²) in [5, 5.41) is 10.6. The van der Waals surface area contributed by atoms with Crippen molar-refractivity contribution in [3.63, 3.8) is 0 Å². The van der Waals surface area contributed by atoms with E-state index in [0.717, 1.165) is 18.7 Å². The largest absolute Gasteiger partial charge is 0.494 e. The molecule has 2 N–H and O–H groups in total. The van der Waals surface area contributed by atoms with E-state index in [-0.39, 0.29) is 11.7 Å². The Labute approximate surface area is 146 Å². The molecule has 3 rings (SSSR count). The molecule has 1 aliphatic rings. The zero-order chi connectivity index (χ0) is 17.7. The van der Waals surface area contributed by atoms with Crippen LogP contribution in [0.25, 0.3) is 0 Å². The minimum absolute atomic E-state index is 0.0355. The van der Waals surface area contributed by atoms with E-state index in [1.54, 1.807) is 16.9 Å². The third kappa shape index (κ3) is 3.66. The van der Waals surface area contributed by atoms with E-state index in [1.165, 1.54) is 13.2 Å². The van der Waals surface area contributed by atoms with Gasteiger partial charge in [0, 0.05) is 18.9 Å². The van der Waals surface area contributed by atoms with Crippen LogP contribution < -0.4 is 15.4 Å². The van der Waals surface area contributed by atoms with Crippen LogP contribution in [0.4, 0.5) is 4.39 Å². The highest BCUT2D eigenvalue weighted by molar-refractivity contribution is 5.84. The van der Waals surface area contributed by atoms with Crippen molar-refractivity contribution in [2.24, 2.45) is 0 Å². The maximum atomic E-state index is 13.7. The Morgan fingerprint density at radius 2 is 2.24 bits per heavy atom. The first-order valence-electron chi connectivity index (χ1n) is 8.47. The second-order valence-corrected chi connectivity index (χ2v) is 6.21. The molecule has 0 spiro atoms. The van der Waals surface area contributed by atoms with E-state index in [9.17, 15) is 9.18 Å². The first kappa shape index (κ1) is 17.4. The number of amides is 1. The van der Waals surface area contributed by atoms with Gasteiger partial charge in [0.25, 0.3) is 0 Å². The Hall–Kier alpha value is -2.41. The standard InChI is InChI=1S/C18H23FN4O2/c1-25-16-4-3-14(13-15(16)19)5-9-21-17(24)18(6-10-20-11-7-18)23-12-2-8-22-23/h2-4,8,12-13,20H,5-7,9-11H2,1H3,(H,21,24). The summed E-state index contributed by atoms with van der Waals surface area (Å²) in [6.07, 6.45) is 5.47. The molecule has 0 radical (unpaired) electrons. The van der Waals surface area contributed by atoms with Crippen molar-refractivity contribution in [3.8, 4) is 5.75 Å². The van der Waals surface area contributed by atoms with E-state index >= 15 is 0 Å². The van der Waals surface area contributed by atoms with E-state index in [1.807, 2.05) is 18.3 Å². The van der Waals surface area contributed by atoms with Gasteiger partial charge in [0.15, 0.2) is 11.6 Å². The predicted molar refractivity (Wildman–Crippen MR) is 92.0 cm³/mol. The average Bonchev–Trinajstić information content (AvgIpc) is 3.17. The molecule has 7 heteroatoms. The molecule has 0 saturated carbocycles. The zero-order valence-corrected chi connectivity index (χ0v) is 14.3. The third-order valence-corrected chi connectivity index (χ3v) is 4.71. The molecule has 1 saturated heterocycles. The maximum Gasteiger partial charge on any atom is 0.248 e. The highest BCUT2D eigenvalue weighted by Crippen LogP contribution is 2.27. The quantitative estimate of drug-likeness (QED) is 0.831. The summed E-state index contributed by atoms with van der Waals surface area (Å²) >= 11 is 0. The summed E-state index contributed by atoms with van der Waals surface area (Å²) in [5.74, 6) is -0.204. The Morgan fingerprint density at radius 1 is 1.44 bits per heavy atom. The van der Waals surface area contributed by atoms with Gasteiger partial charge in [0.2, 0.25) is 5.91 Å². The Kier molecular flexibility index (Phi) is 5.33. The van der Waals surface area contributed by atoms with Gasteiger partial charge in [0.05, 0.1) is 7.11 Å². The lowest BCUT2D eigenvalue weighted by molar-refractivity contribution is -0.131. The van der Waals surface area contributed by atoms with Gasteiger partial charge in [-0.25, -0.2) is 4.39 Å². The van der Waals surface area contributed by atoms with Crippen molar-refractivity contribution in [2.75, 3.05) is 26.7 Å². The number of halogens is 1. The number of hydrogen-bond donors (Lipinski definition) is 2. The van der Waals surface area contributed by atoms with Gasteiger partial charge in [-0.1, -0.05) is 6.07 Å². The van der Waals surface area contributed by atoms with Crippen molar-refractivity contribution < 1.29 is 13.9 Å². The van der Waals surface area contributed by atoms with Crippen molar-refractivity contribution >= 4 is 5.91 Å². The van der Waals surface area contributed by atoms with Crippen molar-refractivity contribution in [1.82, 2.24) is 20.4 Å². The molecule has 1 fully saturated rings. The number of hydrogen-bond acceptors (Lipinski definition) is 4. The normalized spacial score (nSPS) is 16.4. The molecule has 1 aromatic carbocycles. The topological polar surface area (TPSA) is 68.2 Å². The van der Waals surface area contributed by atoms with Crippen LogP contribution >= 0.6 is 0 Å². The molecule has 0 unspecified atom stereocenters. The monoisotopic (exact) mass is 346 g/mol. The van der Waals surface area contributed by atoms with Gasteiger partial charge in [0.1, 0.15) is 5.54 Å². The van der Waals surface area contributed by atoms with Gasteiger partial charge < -0.3 is 15.4 Å². The van der Waals surface area contributed by atoms with Gasteiger partial charge in [-0.3, -0.25) is 9.48 Å². The third-order valence-electron chi connectivity index (χ3n) is 4.71. The van der Waals surface area contributed by atoms with E-state index < -0.39 is 11.4 Å². The van der Waals surface area contributed by atoms with Crippen LogP contribution in [0.3, 0.4) is 0 Å². The highest BCUT2D eigenvalue weighted by Gasteiger charge is 2.41. The second-order valence-electron chi connectivity index (χ2n) is 6.21. The number of nitrogens with one attached hydrogen (secondary N) is 2. The fourth-order valence-electron chi connectivity index (χ4n) is 3.27. The van der Waals surface area contributed by atoms with Crippen LogP contribution in [0, 0.1) is 5.82 Å². The van der Waals surface area contributed by atoms with Crippen LogP contribution in [0.15, 0.2) is 36.7 Å². The average molecular weight is 346 g/mol. The lowest BCUT2D eigenvalue weighted by Gasteiger charge is -2.36. The van der Waals surface area contributed by atoms with Crippen LogP contribution in [0.5, 0.6) is 5.75 Å². The minimum atomic E-state index is -0.653. The maximum absolute atomic E-state index is 13.7. The van der Waals surface area contributed by atoms with E-state index in [2.05, 4.69) is 15.7 Å². The summed E-state index contributed by atoms with van der Waals surface area (Å²) in [6.45, 7) is 2.00. The van der Waals surface area contributed by atoms with Gasteiger partial charge in [-0.05, 0) is 56.1 Å². The first-order chi connectivity index (χ1) is 12.2. The second kappa shape index (κ2) is 7.65. The minimum Gasteiger partial charge on any atom is -0.494 e. The van der Waals surface area contributed by atoms with E-state index in [4.69, 9.17) is 4.74 Å². The summed E-state index contributed by atoms with van der Waals surface area (Å²) in [7, 11) is 1.44. The predicted octanol–water partition coefficient (Wildman–Crippen LogP) is 1.47. The van der Waals surface area contributed by atoms with E-state index in [0.29, 0.717) is 25.8 Å². The van der Waals surface area contributed by atoms with Crippen LogP contribution in [0.2, 0.25) is 0 Å². The van der Waals surface area contributed by atoms with Crippen molar-refractivity contribution in [1.29, 1.82) is 0 Å². The molecule has 2 heterocycles. The number of ether oxygens (including phenoxy) is 1. The molecule has 0 atom stereocenters. The number of aromatic nitrogens is 2. The zero-order valence-electron chi connectivity index (χ0n) is 14.3. The van der Waals surface area contributed by atoms with Gasteiger partial charge >= 0.3 is 0 Å². The van der Waals surface area contributed by atoms with Crippen LogP contribution in [-0.4, -0.2) is 42.4 Å². The molecule has 1 aromatic heterocycles. The Morgan fingerprint density at radius 3 is 2.88 bits per heavy atom. The lowest BCUT2D eigenvalue weighted by Crippen LogP contribution is -2.54. The van der Waals surface area contributed by atoms with Gasteiger partial charge in [-0.15, -0.1) is 0 Å². The van der Waals surface area contributed by atoms with Gasteiger partial charge in [-0.2, -0.15) is 5.10 Å². The fraction of sp³-hybridized carbons (Fsp3) is 0.444. The summed E-state index contributed by atoms with van der Waals surface area (Å²) < 4.78 is 20.4. The fourth-order valence-corrected chi connectivity index (χ4v) is 3.27. The number of rotatable bonds is 6. The summed E-state index contributed by atoms with van der Waals surface area (Å²) in [4.78, 5) is 12.9. The number of benzene rings is 1. The molecule has 0 aliphatic carbocycles.